The Balaban J connectivity index is 0. The lowest BCUT2D eigenvalue weighted by Crippen LogP contribution is -2.48. The van der Waals surface area contributed by atoms with E-state index in [1.54, 1.807) is 24.3 Å². The van der Waals surface area contributed by atoms with Crippen molar-refractivity contribution in [3.8, 4) is 0 Å². The Hall–Kier alpha value is -0.720. The van der Waals surface area contributed by atoms with Gasteiger partial charge in [0.15, 0.2) is 0 Å². The van der Waals surface area contributed by atoms with Gasteiger partial charge >= 0.3 is 0 Å². The minimum absolute atomic E-state index is 0. The highest BCUT2D eigenvalue weighted by molar-refractivity contribution is 5.94. The maximum atomic E-state index is 11.9. The van der Waals surface area contributed by atoms with Crippen molar-refractivity contribution in [2.24, 2.45) is 0 Å². The van der Waals surface area contributed by atoms with E-state index in [1.807, 2.05) is 0 Å². The Labute approximate surface area is 157 Å². The standard InChI is InChI=1S/C15H24N4O.3ClH/c1-2-18-8-10-19(11-9-18)7-6-17-15(20)13-4-3-5-14(16)12-13;;;/h3-5,12H,2,6-11,16H2,1H3,(H,17,20);3*1H. The molecule has 1 heterocycles. The monoisotopic (exact) mass is 384 g/mol. The molecule has 0 spiro atoms. The van der Waals surface area contributed by atoms with Gasteiger partial charge in [-0.25, -0.2) is 0 Å². The molecule has 0 atom stereocenters. The summed E-state index contributed by atoms with van der Waals surface area (Å²) in [6.45, 7) is 9.33. The number of likely N-dealkylation sites (N-methyl/N-ethyl adjacent to an activating group) is 1. The number of nitrogens with two attached hydrogens (primary N) is 1. The number of anilines is 1. The lowest BCUT2D eigenvalue weighted by molar-refractivity contribution is 0.0938. The van der Waals surface area contributed by atoms with Crippen molar-refractivity contribution in [2.75, 3.05) is 51.5 Å². The summed E-state index contributed by atoms with van der Waals surface area (Å²) in [7, 11) is 0. The predicted molar refractivity (Wildman–Crippen MR) is 103 cm³/mol. The SMILES string of the molecule is CCN1CCN(CCNC(=O)c2cccc(N)c2)CC1.Cl.Cl.Cl. The van der Waals surface area contributed by atoms with Crippen molar-refractivity contribution < 1.29 is 4.79 Å². The van der Waals surface area contributed by atoms with Crippen LogP contribution in [0.3, 0.4) is 0 Å². The van der Waals surface area contributed by atoms with Crippen LogP contribution in [-0.2, 0) is 0 Å². The number of carbonyl (C=O) groups is 1. The zero-order valence-corrected chi connectivity index (χ0v) is 15.8. The lowest BCUT2D eigenvalue weighted by atomic mass is 10.2. The molecule has 0 unspecified atom stereocenters. The summed E-state index contributed by atoms with van der Waals surface area (Å²) in [4.78, 5) is 16.8. The van der Waals surface area contributed by atoms with Gasteiger partial charge in [-0.1, -0.05) is 13.0 Å². The summed E-state index contributed by atoms with van der Waals surface area (Å²) in [5, 5.41) is 2.95. The normalized spacial score (nSPS) is 14.8. The van der Waals surface area contributed by atoms with Crippen LogP contribution in [0, 0.1) is 0 Å². The number of hydrogen-bond acceptors (Lipinski definition) is 4. The number of nitrogen functional groups attached to an aromatic ring is 1. The first-order chi connectivity index (χ1) is 9.69. The first kappa shape index (κ1) is 24.5. The molecule has 0 aliphatic carbocycles. The Morgan fingerprint density at radius 3 is 2.30 bits per heavy atom. The number of piperazine rings is 1. The molecule has 1 aromatic rings. The molecule has 1 aliphatic heterocycles. The highest BCUT2D eigenvalue weighted by atomic mass is 35.5. The second-order valence-corrected chi connectivity index (χ2v) is 5.16. The van der Waals surface area contributed by atoms with Gasteiger partial charge in [0.25, 0.3) is 5.91 Å². The van der Waals surface area contributed by atoms with E-state index in [-0.39, 0.29) is 43.1 Å². The fourth-order valence-corrected chi connectivity index (χ4v) is 2.44. The highest BCUT2D eigenvalue weighted by Gasteiger charge is 2.15. The Morgan fingerprint density at radius 1 is 1.13 bits per heavy atom. The predicted octanol–water partition coefficient (Wildman–Crippen LogP) is 1.90. The number of nitrogens with one attached hydrogen (secondary N) is 1. The molecule has 0 bridgehead atoms. The van der Waals surface area contributed by atoms with E-state index >= 15 is 0 Å². The summed E-state index contributed by atoms with van der Waals surface area (Å²) >= 11 is 0. The number of hydrogen-bond donors (Lipinski definition) is 2. The van der Waals surface area contributed by atoms with E-state index in [9.17, 15) is 4.79 Å². The van der Waals surface area contributed by atoms with Crippen molar-refractivity contribution in [1.29, 1.82) is 0 Å². The van der Waals surface area contributed by atoms with Gasteiger partial charge in [0.2, 0.25) is 0 Å². The summed E-state index contributed by atoms with van der Waals surface area (Å²) < 4.78 is 0. The molecular formula is C15H27Cl3N4O. The molecule has 0 saturated carbocycles. The first-order valence-electron chi connectivity index (χ1n) is 7.27. The molecule has 1 aromatic carbocycles. The minimum atomic E-state index is -0.0514. The molecule has 2 rings (SSSR count). The third kappa shape index (κ3) is 8.08. The average Bonchev–Trinajstić information content (AvgIpc) is 2.48. The zero-order chi connectivity index (χ0) is 14.4. The number of amides is 1. The lowest BCUT2D eigenvalue weighted by Gasteiger charge is -2.33. The molecule has 134 valence electrons. The van der Waals surface area contributed by atoms with E-state index in [4.69, 9.17) is 5.73 Å². The van der Waals surface area contributed by atoms with E-state index in [1.165, 1.54) is 0 Å². The highest BCUT2D eigenvalue weighted by Crippen LogP contribution is 2.06. The van der Waals surface area contributed by atoms with Crippen LogP contribution in [0.4, 0.5) is 5.69 Å². The van der Waals surface area contributed by atoms with E-state index < -0.39 is 0 Å². The molecular weight excluding hydrogens is 359 g/mol. The molecule has 1 aliphatic rings. The van der Waals surface area contributed by atoms with Gasteiger partial charge in [-0.2, -0.15) is 0 Å². The smallest absolute Gasteiger partial charge is 0.251 e. The number of rotatable bonds is 5. The second-order valence-electron chi connectivity index (χ2n) is 5.16. The van der Waals surface area contributed by atoms with Crippen LogP contribution in [0.2, 0.25) is 0 Å². The molecule has 3 N–H and O–H groups in total. The van der Waals surface area contributed by atoms with Crippen LogP contribution < -0.4 is 11.1 Å². The van der Waals surface area contributed by atoms with Crippen LogP contribution in [0.15, 0.2) is 24.3 Å². The van der Waals surface area contributed by atoms with Crippen molar-refractivity contribution in [2.45, 2.75) is 6.92 Å². The number of nitrogens with zero attached hydrogens (tertiary/aromatic N) is 2. The van der Waals surface area contributed by atoms with Crippen molar-refractivity contribution in [3.63, 3.8) is 0 Å². The first-order valence-corrected chi connectivity index (χ1v) is 7.27. The fraction of sp³-hybridized carbons (Fsp3) is 0.533. The molecule has 1 amide bonds. The summed E-state index contributed by atoms with van der Waals surface area (Å²) in [5.74, 6) is -0.0514. The number of carbonyl (C=O) groups excluding carboxylic acids is 1. The summed E-state index contributed by atoms with van der Waals surface area (Å²) in [6.07, 6.45) is 0. The molecule has 5 nitrogen and oxygen atoms in total. The Morgan fingerprint density at radius 2 is 1.74 bits per heavy atom. The molecule has 1 saturated heterocycles. The topological polar surface area (TPSA) is 61.6 Å². The Bertz CT molecular complexity index is 454. The average molecular weight is 386 g/mol. The third-order valence-corrected chi connectivity index (χ3v) is 3.77. The second kappa shape index (κ2) is 12.7. The van der Waals surface area contributed by atoms with E-state index in [0.717, 1.165) is 39.3 Å². The van der Waals surface area contributed by atoms with Crippen molar-refractivity contribution in [1.82, 2.24) is 15.1 Å². The van der Waals surface area contributed by atoms with Crippen LogP contribution in [0.5, 0.6) is 0 Å². The van der Waals surface area contributed by atoms with Gasteiger partial charge in [0, 0.05) is 50.5 Å². The van der Waals surface area contributed by atoms with Gasteiger partial charge in [-0.3, -0.25) is 9.69 Å². The largest absolute Gasteiger partial charge is 0.399 e. The van der Waals surface area contributed by atoms with E-state index in [0.29, 0.717) is 17.8 Å². The van der Waals surface area contributed by atoms with Crippen LogP contribution >= 0.6 is 37.2 Å². The maximum absolute atomic E-state index is 11.9. The molecule has 1 fully saturated rings. The van der Waals surface area contributed by atoms with Crippen LogP contribution in [-0.4, -0.2) is 61.5 Å². The molecule has 23 heavy (non-hydrogen) atoms. The minimum Gasteiger partial charge on any atom is -0.399 e. The van der Waals surface area contributed by atoms with Gasteiger partial charge < -0.3 is 16.0 Å². The Kier molecular flexibility index (Phi) is 13.5. The van der Waals surface area contributed by atoms with Gasteiger partial charge in [-0.05, 0) is 24.7 Å². The van der Waals surface area contributed by atoms with Crippen molar-refractivity contribution >= 4 is 48.8 Å². The zero-order valence-electron chi connectivity index (χ0n) is 13.4. The van der Waals surface area contributed by atoms with Gasteiger partial charge in [0.1, 0.15) is 0 Å². The maximum Gasteiger partial charge on any atom is 0.251 e. The molecule has 0 aromatic heterocycles. The van der Waals surface area contributed by atoms with Crippen molar-refractivity contribution in [3.05, 3.63) is 29.8 Å². The fourth-order valence-electron chi connectivity index (χ4n) is 2.44. The van der Waals surface area contributed by atoms with Gasteiger partial charge in [0.05, 0.1) is 0 Å². The van der Waals surface area contributed by atoms with Gasteiger partial charge in [-0.15, -0.1) is 37.2 Å². The number of benzene rings is 1. The van der Waals surface area contributed by atoms with Crippen LogP contribution in [0.25, 0.3) is 0 Å². The quantitative estimate of drug-likeness (QED) is 0.760. The van der Waals surface area contributed by atoms with E-state index in [2.05, 4.69) is 22.0 Å². The third-order valence-electron chi connectivity index (χ3n) is 3.77. The molecule has 8 heteroatoms. The molecule has 0 radical (unpaired) electrons. The number of halogens is 3. The summed E-state index contributed by atoms with van der Waals surface area (Å²) in [5.41, 5.74) is 6.92. The summed E-state index contributed by atoms with van der Waals surface area (Å²) in [6, 6.07) is 7.07. The van der Waals surface area contributed by atoms with Crippen LogP contribution in [0.1, 0.15) is 17.3 Å².